The van der Waals surface area contributed by atoms with Gasteiger partial charge in [0.1, 0.15) is 11.6 Å². The monoisotopic (exact) mass is 498 g/mol. The van der Waals surface area contributed by atoms with Crippen molar-refractivity contribution in [1.82, 2.24) is 9.97 Å². The fourth-order valence-corrected chi connectivity index (χ4v) is 3.88. The molecule has 0 spiro atoms. The number of nitrogens with one attached hydrogen (secondary N) is 2. The quantitative estimate of drug-likeness (QED) is 0.328. The van der Waals surface area contributed by atoms with E-state index in [1.54, 1.807) is 31.2 Å². The first-order valence-electron chi connectivity index (χ1n) is 10.3. The molecule has 0 saturated carbocycles. The number of hydrogen-bond donors (Lipinski definition) is 2. The number of methoxy groups -OCH3 is 1. The van der Waals surface area contributed by atoms with Crippen LogP contribution in [0.3, 0.4) is 0 Å². The zero-order valence-corrected chi connectivity index (χ0v) is 19.8. The van der Waals surface area contributed by atoms with Crippen LogP contribution in [0.1, 0.15) is 29.7 Å². The molecule has 0 aliphatic heterocycles. The molecule has 0 amide bonds. The van der Waals surface area contributed by atoms with E-state index in [0.717, 1.165) is 12.3 Å². The highest BCUT2D eigenvalue weighted by molar-refractivity contribution is 7.85. The van der Waals surface area contributed by atoms with Crippen molar-refractivity contribution in [3.8, 4) is 5.75 Å². The lowest BCUT2D eigenvalue weighted by Crippen LogP contribution is -2.16. The van der Waals surface area contributed by atoms with Gasteiger partial charge in [-0.25, -0.2) is 4.98 Å². The maximum absolute atomic E-state index is 13.4. The zero-order chi connectivity index (χ0) is 25.1. The first-order valence-corrected chi connectivity index (χ1v) is 12.1. The standard InChI is InChI=1S/C22H25F3N4O4S/c1-13-16(6-5-7-18(13)22(23,24)25)14(2)27-20-17-12-15(32-3)8-9-19(17)28-21(29-20)26-10-11-33-34(4,30)31/h5-9,12,14H,10-11H2,1-4H3,(H2,26,27,28,29)/t14-/m1/s1. The smallest absolute Gasteiger partial charge is 0.416 e. The number of anilines is 2. The van der Waals surface area contributed by atoms with Crippen molar-refractivity contribution >= 4 is 32.8 Å². The SMILES string of the molecule is COc1ccc2nc(NCCOS(C)(=O)=O)nc(N[C@H](C)c3cccc(C(F)(F)F)c3C)c2c1. The molecule has 0 radical (unpaired) electrons. The number of ether oxygens (including phenoxy) is 1. The lowest BCUT2D eigenvalue weighted by Gasteiger charge is -2.21. The summed E-state index contributed by atoms with van der Waals surface area (Å²) in [7, 11) is -2.07. The second kappa shape index (κ2) is 10.0. The maximum Gasteiger partial charge on any atom is 0.416 e. The van der Waals surface area contributed by atoms with Gasteiger partial charge in [-0.1, -0.05) is 12.1 Å². The van der Waals surface area contributed by atoms with Crippen LogP contribution in [0.15, 0.2) is 36.4 Å². The molecule has 8 nitrogen and oxygen atoms in total. The molecule has 1 heterocycles. The summed E-state index contributed by atoms with van der Waals surface area (Å²) in [6.07, 6.45) is -3.51. The maximum atomic E-state index is 13.4. The number of fused-ring (bicyclic) bond motifs is 1. The predicted molar refractivity (Wildman–Crippen MR) is 124 cm³/mol. The number of aromatic nitrogens is 2. The van der Waals surface area contributed by atoms with Crippen molar-refractivity contribution in [2.24, 2.45) is 0 Å². The number of benzene rings is 2. The van der Waals surface area contributed by atoms with Crippen LogP contribution in [-0.2, 0) is 20.5 Å². The Hall–Kier alpha value is -3.12. The normalized spacial score (nSPS) is 13.0. The van der Waals surface area contributed by atoms with Gasteiger partial charge in [-0.2, -0.15) is 26.6 Å². The van der Waals surface area contributed by atoms with Gasteiger partial charge in [0, 0.05) is 11.9 Å². The van der Waals surface area contributed by atoms with E-state index >= 15 is 0 Å². The molecule has 3 rings (SSSR count). The first-order chi connectivity index (χ1) is 15.9. The molecule has 2 N–H and O–H groups in total. The second-order valence-corrected chi connectivity index (χ2v) is 9.26. The Bertz CT molecular complexity index is 1280. The largest absolute Gasteiger partial charge is 0.497 e. The van der Waals surface area contributed by atoms with Crippen molar-refractivity contribution in [3.63, 3.8) is 0 Å². The fourth-order valence-electron chi connectivity index (χ4n) is 3.49. The Balaban J connectivity index is 1.94. The molecule has 184 valence electrons. The van der Waals surface area contributed by atoms with Crippen molar-refractivity contribution in [2.45, 2.75) is 26.1 Å². The van der Waals surface area contributed by atoms with Crippen LogP contribution in [0, 0.1) is 6.92 Å². The molecule has 0 fully saturated rings. The van der Waals surface area contributed by atoms with Gasteiger partial charge in [-0.15, -0.1) is 0 Å². The molecule has 1 atom stereocenters. The van der Waals surface area contributed by atoms with E-state index in [9.17, 15) is 21.6 Å². The Morgan fingerprint density at radius 3 is 2.53 bits per heavy atom. The van der Waals surface area contributed by atoms with Crippen LogP contribution in [0.5, 0.6) is 5.75 Å². The molecular weight excluding hydrogens is 473 g/mol. The number of hydrogen-bond acceptors (Lipinski definition) is 8. The van der Waals surface area contributed by atoms with Gasteiger partial charge >= 0.3 is 6.18 Å². The van der Waals surface area contributed by atoms with Gasteiger partial charge in [0.15, 0.2) is 0 Å². The summed E-state index contributed by atoms with van der Waals surface area (Å²) in [6, 6.07) is 8.70. The Kier molecular flexibility index (Phi) is 7.51. The van der Waals surface area contributed by atoms with Gasteiger partial charge in [0.25, 0.3) is 10.1 Å². The van der Waals surface area contributed by atoms with Crippen LogP contribution >= 0.6 is 0 Å². The summed E-state index contributed by atoms with van der Waals surface area (Å²) in [5.41, 5.74) is 0.460. The first kappa shape index (κ1) is 25.5. The molecule has 0 bridgehead atoms. The van der Waals surface area contributed by atoms with E-state index in [4.69, 9.17) is 8.92 Å². The average Bonchev–Trinajstić information content (AvgIpc) is 2.75. The fraction of sp³-hybridized carbons (Fsp3) is 0.364. The molecule has 0 aliphatic rings. The summed E-state index contributed by atoms with van der Waals surface area (Å²) >= 11 is 0. The molecule has 0 aliphatic carbocycles. The number of alkyl halides is 3. The molecule has 0 saturated heterocycles. The summed E-state index contributed by atoms with van der Waals surface area (Å²) in [4.78, 5) is 8.88. The van der Waals surface area contributed by atoms with Gasteiger partial charge in [-0.3, -0.25) is 4.18 Å². The van der Waals surface area contributed by atoms with Crippen LogP contribution in [0.4, 0.5) is 24.9 Å². The number of rotatable bonds is 9. The summed E-state index contributed by atoms with van der Waals surface area (Å²) < 4.78 is 72.4. The van der Waals surface area contributed by atoms with Gasteiger partial charge in [-0.05, 0) is 49.2 Å². The van der Waals surface area contributed by atoms with Gasteiger partial charge < -0.3 is 15.4 Å². The highest BCUT2D eigenvalue weighted by atomic mass is 32.2. The molecule has 12 heteroatoms. The second-order valence-electron chi connectivity index (χ2n) is 7.62. The highest BCUT2D eigenvalue weighted by Gasteiger charge is 2.33. The third-order valence-electron chi connectivity index (χ3n) is 5.09. The Labute approximate surface area is 195 Å². The summed E-state index contributed by atoms with van der Waals surface area (Å²) in [6.45, 7) is 3.18. The average molecular weight is 499 g/mol. The topological polar surface area (TPSA) is 102 Å². The lowest BCUT2D eigenvalue weighted by molar-refractivity contribution is -0.138. The van der Waals surface area contributed by atoms with Gasteiger partial charge in [0.2, 0.25) is 5.95 Å². The predicted octanol–water partition coefficient (Wildman–Crippen LogP) is 4.53. The minimum Gasteiger partial charge on any atom is -0.497 e. The van der Waals surface area contributed by atoms with Crippen molar-refractivity contribution < 1.29 is 30.5 Å². The molecular formula is C22H25F3N4O4S. The molecule has 34 heavy (non-hydrogen) atoms. The molecule has 2 aromatic carbocycles. The van der Waals surface area contributed by atoms with Crippen LogP contribution in [0.2, 0.25) is 0 Å². The van der Waals surface area contributed by atoms with E-state index in [1.165, 1.54) is 20.1 Å². The van der Waals surface area contributed by atoms with Crippen molar-refractivity contribution in [3.05, 3.63) is 53.1 Å². The van der Waals surface area contributed by atoms with Crippen LogP contribution in [-0.4, -0.2) is 44.9 Å². The number of nitrogens with zero attached hydrogens (tertiary/aromatic N) is 2. The van der Waals surface area contributed by atoms with E-state index in [0.29, 0.717) is 28.0 Å². The molecule has 3 aromatic rings. The zero-order valence-electron chi connectivity index (χ0n) is 19.0. The van der Waals surface area contributed by atoms with E-state index < -0.39 is 27.9 Å². The van der Waals surface area contributed by atoms with Crippen LogP contribution in [0.25, 0.3) is 10.9 Å². The summed E-state index contributed by atoms with van der Waals surface area (Å²) in [5.74, 6) is 1.13. The van der Waals surface area contributed by atoms with Crippen molar-refractivity contribution in [2.75, 3.05) is 37.2 Å². The Morgan fingerprint density at radius 1 is 1.15 bits per heavy atom. The highest BCUT2D eigenvalue weighted by Crippen LogP contribution is 2.36. The minimum absolute atomic E-state index is 0.120. The summed E-state index contributed by atoms with van der Waals surface area (Å²) in [5, 5.41) is 6.69. The Morgan fingerprint density at radius 2 is 1.88 bits per heavy atom. The third-order valence-corrected chi connectivity index (χ3v) is 5.68. The molecule has 0 unspecified atom stereocenters. The van der Waals surface area contributed by atoms with E-state index in [2.05, 4.69) is 20.6 Å². The number of halogens is 3. The van der Waals surface area contributed by atoms with E-state index in [-0.39, 0.29) is 24.7 Å². The van der Waals surface area contributed by atoms with Crippen LogP contribution < -0.4 is 15.4 Å². The minimum atomic E-state index is -4.46. The van der Waals surface area contributed by atoms with Gasteiger partial charge in [0.05, 0.1) is 37.1 Å². The van der Waals surface area contributed by atoms with E-state index in [1.807, 2.05) is 0 Å². The molecule has 1 aromatic heterocycles. The third kappa shape index (κ3) is 6.26. The lowest BCUT2D eigenvalue weighted by atomic mass is 9.97. The van der Waals surface area contributed by atoms with Crippen molar-refractivity contribution in [1.29, 1.82) is 0 Å².